The van der Waals surface area contributed by atoms with Crippen LogP contribution in [0.1, 0.15) is 29.3 Å². The molecule has 2 N–H and O–H groups in total. The van der Waals surface area contributed by atoms with Crippen molar-refractivity contribution in [3.05, 3.63) is 41.2 Å². The van der Waals surface area contributed by atoms with Crippen LogP contribution in [0, 0.1) is 0 Å². The summed E-state index contributed by atoms with van der Waals surface area (Å²) in [7, 11) is 0. The molecule has 0 saturated carbocycles. The number of carboxylic acid groups (broad SMARTS) is 1. The first-order chi connectivity index (χ1) is 9.88. The highest BCUT2D eigenvalue weighted by atomic mass is 19.4. The second-order valence-corrected chi connectivity index (χ2v) is 4.92. The van der Waals surface area contributed by atoms with Gasteiger partial charge in [-0.15, -0.1) is 0 Å². The van der Waals surface area contributed by atoms with Crippen LogP contribution < -0.4 is 0 Å². The molecular formula is C14H11F3N2O2. The van der Waals surface area contributed by atoms with Gasteiger partial charge in [-0.2, -0.15) is 13.2 Å². The van der Waals surface area contributed by atoms with Crippen LogP contribution >= 0.6 is 0 Å². The Hall–Kier alpha value is -2.31. The molecule has 1 unspecified atom stereocenters. The third-order valence-corrected chi connectivity index (χ3v) is 3.61. The summed E-state index contributed by atoms with van der Waals surface area (Å²) < 4.78 is 39.0. The van der Waals surface area contributed by atoms with E-state index in [1.54, 1.807) is 0 Å². The quantitative estimate of drug-likeness (QED) is 0.894. The van der Waals surface area contributed by atoms with Crippen molar-refractivity contribution in [3.8, 4) is 11.4 Å². The number of hydrogen-bond donors (Lipinski definition) is 2. The predicted octanol–water partition coefficient (Wildman–Crippen LogP) is 3.21. The molecule has 0 spiro atoms. The van der Waals surface area contributed by atoms with Crippen molar-refractivity contribution in [3.63, 3.8) is 0 Å². The lowest BCUT2D eigenvalue weighted by molar-refractivity contribution is -0.139. The molecule has 2 aromatic rings. The van der Waals surface area contributed by atoms with Gasteiger partial charge in [0.15, 0.2) is 0 Å². The average molecular weight is 296 g/mol. The number of aromatic amines is 1. The molecule has 7 heteroatoms. The molecule has 0 amide bonds. The molecule has 110 valence electrons. The third-order valence-electron chi connectivity index (χ3n) is 3.61. The number of aliphatic carboxylic acids is 1. The van der Waals surface area contributed by atoms with Crippen LogP contribution in [-0.2, 0) is 17.4 Å². The summed E-state index contributed by atoms with van der Waals surface area (Å²) in [5.74, 6) is -1.68. The van der Waals surface area contributed by atoms with E-state index in [0.717, 1.165) is 6.07 Å². The van der Waals surface area contributed by atoms with E-state index < -0.39 is 23.6 Å². The van der Waals surface area contributed by atoms with E-state index in [0.29, 0.717) is 24.2 Å². The SMILES string of the molecule is O=C(O)C1CCc2[nH]c(-c3ccccc3C(F)(F)F)nc21. The minimum absolute atomic E-state index is 0.0662. The number of aromatic nitrogens is 2. The van der Waals surface area contributed by atoms with Gasteiger partial charge in [0.2, 0.25) is 0 Å². The Balaban J connectivity index is 2.08. The molecule has 4 nitrogen and oxygen atoms in total. The number of fused-ring (bicyclic) bond motifs is 1. The lowest BCUT2D eigenvalue weighted by Crippen LogP contribution is -2.09. The molecular weight excluding hydrogens is 285 g/mol. The number of halogens is 3. The maximum atomic E-state index is 13.0. The Kier molecular flexibility index (Phi) is 3.00. The normalized spacial score (nSPS) is 17.8. The third kappa shape index (κ3) is 2.28. The number of carboxylic acids is 1. The highest BCUT2D eigenvalue weighted by Gasteiger charge is 2.36. The van der Waals surface area contributed by atoms with Gasteiger partial charge in [-0.05, 0) is 18.9 Å². The molecule has 0 bridgehead atoms. The van der Waals surface area contributed by atoms with Crippen LogP contribution in [0.25, 0.3) is 11.4 Å². The van der Waals surface area contributed by atoms with Gasteiger partial charge in [-0.25, -0.2) is 4.98 Å². The molecule has 3 rings (SSSR count). The van der Waals surface area contributed by atoms with E-state index in [1.807, 2.05) is 0 Å². The van der Waals surface area contributed by atoms with Crippen molar-refractivity contribution in [2.75, 3.05) is 0 Å². The minimum Gasteiger partial charge on any atom is -0.481 e. The summed E-state index contributed by atoms with van der Waals surface area (Å²) in [6, 6.07) is 5.11. The topological polar surface area (TPSA) is 66.0 Å². The fourth-order valence-corrected chi connectivity index (χ4v) is 2.63. The zero-order valence-electron chi connectivity index (χ0n) is 10.7. The van der Waals surface area contributed by atoms with Crippen molar-refractivity contribution >= 4 is 5.97 Å². The summed E-state index contributed by atoms with van der Waals surface area (Å²) in [6.45, 7) is 0. The van der Waals surface area contributed by atoms with Gasteiger partial charge < -0.3 is 10.1 Å². The molecule has 1 heterocycles. The average Bonchev–Trinajstić information content (AvgIpc) is 2.96. The molecule has 0 saturated heterocycles. The predicted molar refractivity (Wildman–Crippen MR) is 67.7 cm³/mol. The van der Waals surface area contributed by atoms with Gasteiger partial charge in [-0.1, -0.05) is 18.2 Å². The van der Waals surface area contributed by atoms with Crippen molar-refractivity contribution < 1.29 is 23.1 Å². The number of aryl methyl sites for hydroxylation is 1. The molecule has 21 heavy (non-hydrogen) atoms. The smallest absolute Gasteiger partial charge is 0.417 e. The first-order valence-corrected chi connectivity index (χ1v) is 6.36. The Morgan fingerprint density at radius 2 is 2.05 bits per heavy atom. The number of nitrogens with zero attached hydrogens (tertiary/aromatic N) is 1. The summed E-state index contributed by atoms with van der Waals surface area (Å²) in [6.07, 6.45) is -3.59. The van der Waals surface area contributed by atoms with E-state index in [-0.39, 0.29) is 11.4 Å². The van der Waals surface area contributed by atoms with E-state index in [2.05, 4.69) is 9.97 Å². The van der Waals surface area contributed by atoms with E-state index in [1.165, 1.54) is 18.2 Å². The summed E-state index contributed by atoms with van der Waals surface area (Å²) in [5.41, 5.74) is 0.0942. The van der Waals surface area contributed by atoms with Crippen LogP contribution in [0.4, 0.5) is 13.2 Å². The zero-order chi connectivity index (χ0) is 15.2. The standard InChI is InChI=1S/C14H11F3N2O2/c15-14(16,17)9-4-2-1-3-7(9)12-18-10-6-5-8(13(20)21)11(10)19-12/h1-4,8H,5-6H2,(H,18,19)(H,20,21). The fourth-order valence-electron chi connectivity index (χ4n) is 2.63. The molecule has 1 aromatic heterocycles. The first kappa shape index (κ1) is 13.7. The van der Waals surface area contributed by atoms with Crippen LogP contribution in [0.3, 0.4) is 0 Å². The van der Waals surface area contributed by atoms with Crippen molar-refractivity contribution in [1.82, 2.24) is 9.97 Å². The van der Waals surface area contributed by atoms with Gasteiger partial charge >= 0.3 is 12.1 Å². The Bertz CT molecular complexity index is 706. The van der Waals surface area contributed by atoms with Crippen LogP contribution in [-0.4, -0.2) is 21.0 Å². The van der Waals surface area contributed by atoms with Crippen molar-refractivity contribution in [2.45, 2.75) is 24.9 Å². The van der Waals surface area contributed by atoms with Crippen LogP contribution in [0.15, 0.2) is 24.3 Å². The Morgan fingerprint density at radius 3 is 2.71 bits per heavy atom. The maximum absolute atomic E-state index is 13.0. The maximum Gasteiger partial charge on any atom is 0.417 e. The van der Waals surface area contributed by atoms with E-state index >= 15 is 0 Å². The number of benzene rings is 1. The monoisotopic (exact) mass is 296 g/mol. The van der Waals surface area contributed by atoms with E-state index in [4.69, 9.17) is 5.11 Å². The van der Waals surface area contributed by atoms with Crippen molar-refractivity contribution in [2.24, 2.45) is 0 Å². The molecule has 0 fully saturated rings. The molecule has 1 aliphatic carbocycles. The number of alkyl halides is 3. The number of H-pyrrole nitrogens is 1. The molecule has 0 aliphatic heterocycles. The van der Waals surface area contributed by atoms with Gasteiger partial charge in [0.05, 0.1) is 11.3 Å². The highest BCUT2D eigenvalue weighted by molar-refractivity contribution is 5.77. The van der Waals surface area contributed by atoms with Gasteiger partial charge in [0.25, 0.3) is 0 Å². The Labute approximate surface area is 117 Å². The van der Waals surface area contributed by atoms with Gasteiger partial charge in [-0.3, -0.25) is 4.79 Å². The molecule has 1 aliphatic rings. The lowest BCUT2D eigenvalue weighted by atomic mass is 10.1. The summed E-state index contributed by atoms with van der Waals surface area (Å²) in [5, 5.41) is 9.09. The van der Waals surface area contributed by atoms with Crippen LogP contribution in [0.5, 0.6) is 0 Å². The van der Waals surface area contributed by atoms with Crippen molar-refractivity contribution in [1.29, 1.82) is 0 Å². The highest BCUT2D eigenvalue weighted by Crippen LogP contribution is 2.38. The molecule has 1 atom stereocenters. The number of nitrogens with one attached hydrogen (secondary N) is 1. The summed E-state index contributed by atoms with van der Waals surface area (Å²) >= 11 is 0. The molecule has 0 radical (unpaired) electrons. The molecule has 1 aromatic carbocycles. The number of carbonyl (C=O) groups is 1. The number of rotatable bonds is 2. The van der Waals surface area contributed by atoms with Gasteiger partial charge in [0, 0.05) is 11.3 Å². The first-order valence-electron chi connectivity index (χ1n) is 6.36. The minimum atomic E-state index is -4.49. The van der Waals surface area contributed by atoms with Crippen LogP contribution in [0.2, 0.25) is 0 Å². The fraction of sp³-hybridized carbons (Fsp3) is 0.286. The zero-order valence-corrected chi connectivity index (χ0v) is 10.7. The summed E-state index contributed by atoms with van der Waals surface area (Å²) in [4.78, 5) is 18.0. The van der Waals surface area contributed by atoms with Gasteiger partial charge in [0.1, 0.15) is 11.7 Å². The Morgan fingerprint density at radius 1 is 1.33 bits per heavy atom. The second kappa shape index (κ2) is 4.61. The number of imidazole rings is 1. The largest absolute Gasteiger partial charge is 0.481 e. The number of hydrogen-bond acceptors (Lipinski definition) is 2. The second-order valence-electron chi connectivity index (χ2n) is 4.92. The van der Waals surface area contributed by atoms with E-state index in [9.17, 15) is 18.0 Å². The lowest BCUT2D eigenvalue weighted by Gasteiger charge is -2.11.